The predicted molar refractivity (Wildman–Crippen MR) is 110 cm³/mol. The van der Waals surface area contributed by atoms with E-state index in [0.29, 0.717) is 6.42 Å². The van der Waals surface area contributed by atoms with Crippen molar-refractivity contribution >= 4 is 6.09 Å². The molecule has 2 aromatic rings. The molecule has 6 heteroatoms. The van der Waals surface area contributed by atoms with Gasteiger partial charge in [-0.15, -0.1) is 0 Å². The molecule has 0 saturated heterocycles. The number of carbonyl (C=O) groups excluding carboxylic acids is 1. The molecule has 1 atom stereocenters. The second kappa shape index (κ2) is 8.05. The van der Waals surface area contributed by atoms with Crippen molar-refractivity contribution in [1.29, 1.82) is 5.26 Å². The van der Waals surface area contributed by atoms with Crippen molar-refractivity contribution in [3.05, 3.63) is 41.9 Å². The third kappa shape index (κ3) is 5.85. The number of nitriles is 1. The topological polar surface area (TPSA) is 79.9 Å². The third-order valence-corrected chi connectivity index (χ3v) is 4.08. The van der Waals surface area contributed by atoms with Crippen molar-refractivity contribution in [3.8, 4) is 17.3 Å². The molecule has 1 amide bonds. The smallest absolute Gasteiger partial charge is 0.408 e. The molecule has 1 aromatic heterocycles. The molecule has 0 fully saturated rings. The number of ether oxygens (including phenoxy) is 1. The van der Waals surface area contributed by atoms with Crippen LogP contribution in [0, 0.1) is 11.3 Å². The SMILES string of the molecule is Cn1cc(-c2ccc(C[C@@H](C#N)NC(=O)OC(C)(C)C)cc2)nc1C(C)(C)C. The van der Waals surface area contributed by atoms with Crippen LogP contribution in [0.3, 0.4) is 0 Å². The van der Waals surface area contributed by atoms with Gasteiger partial charge in [0.15, 0.2) is 0 Å². The van der Waals surface area contributed by atoms with Gasteiger partial charge >= 0.3 is 6.09 Å². The molecule has 28 heavy (non-hydrogen) atoms. The van der Waals surface area contributed by atoms with Gasteiger partial charge in [0.1, 0.15) is 17.5 Å². The fraction of sp³-hybridized carbons (Fsp3) is 0.500. The van der Waals surface area contributed by atoms with E-state index >= 15 is 0 Å². The first kappa shape index (κ1) is 21.5. The van der Waals surface area contributed by atoms with Crippen molar-refractivity contribution in [2.45, 2.75) is 65.0 Å². The van der Waals surface area contributed by atoms with E-state index in [2.05, 4.69) is 36.7 Å². The first-order valence-corrected chi connectivity index (χ1v) is 9.41. The minimum absolute atomic E-state index is 0.0275. The van der Waals surface area contributed by atoms with Crippen LogP contribution in [0.4, 0.5) is 4.79 Å². The highest BCUT2D eigenvalue weighted by Gasteiger charge is 2.21. The highest BCUT2D eigenvalue weighted by Crippen LogP contribution is 2.26. The first-order valence-electron chi connectivity index (χ1n) is 9.41. The molecular formula is C22H30N4O2. The number of nitrogens with zero attached hydrogens (tertiary/aromatic N) is 3. The summed E-state index contributed by atoms with van der Waals surface area (Å²) in [6.45, 7) is 11.8. The van der Waals surface area contributed by atoms with E-state index in [0.717, 1.165) is 22.6 Å². The Morgan fingerprint density at radius 2 is 1.82 bits per heavy atom. The molecular weight excluding hydrogens is 352 g/mol. The maximum atomic E-state index is 11.9. The summed E-state index contributed by atoms with van der Waals surface area (Å²) in [4.78, 5) is 16.6. The van der Waals surface area contributed by atoms with Gasteiger partial charge in [-0.1, -0.05) is 45.0 Å². The molecule has 0 unspecified atom stereocenters. The summed E-state index contributed by atoms with van der Waals surface area (Å²) >= 11 is 0. The van der Waals surface area contributed by atoms with Crippen LogP contribution >= 0.6 is 0 Å². The number of hydrogen-bond donors (Lipinski definition) is 1. The van der Waals surface area contributed by atoms with Crippen molar-refractivity contribution in [2.24, 2.45) is 7.05 Å². The lowest BCUT2D eigenvalue weighted by Gasteiger charge is -2.21. The zero-order valence-corrected chi connectivity index (χ0v) is 17.8. The Morgan fingerprint density at radius 1 is 1.21 bits per heavy atom. The quantitative estimate of drug-likeness (QED) is 0.853. The van der Waals surface area contributed by atoms with Gasteiger partial charge in [-0.3, -0.25) is 0 Å². The molecule has 0 aliphatic heterocycles. The summed E-state index contributed by atoms with van der Waals surface area (Å²) in [6.07, 6.45) is 1.85. The molecule has 1 heterocycles. The van der Waals surface area contributed by atoms with E-state index in [1.54, 1.807) is 20.8 Å². The summed E-state index contributed by atoms with van der Waals surface area (Å²) in [5.74, 6) is 1.03. The van der Waals surface area contributed by atoms with Gasteiger partial charge in [0.2, 0.25) is 0 Å². The van der Waals surface area contributed by atoms with Gasteiger partial charge in [0.25, 0.3) is 0 Å². The molecule has 1 N–H and O–H groups in total. The maximum Gasteiger partial charge on any atom is 0.408 e. The molecule has 6 nitrogen and oxygen atoms in total. The van der Waals surface area contributed by atoms with Gasteiger partial charge in [0, 0.05) is 30.6 Å². The average molecular weight is 383 g/mol. The number of imidazole rings is 1. The minimum Gasteiger partial charge on any atom is -0.444 e. The van der Waals surface area contributed by atoms with E-state index in [9.17, 15) is 10.1 Å². The van der Waals surface area contributed by atoms with E-state index in [-0.39, 0.29) is 5.41 Å². The monoisotopic (exact) mass is 382 g/mol. The number of hydrogen-bond acceptors (Lipinski definition) is 4. The number of rotatable bonds is 4. The van der Waals surface area contributed by atoms with Crippen molar-refractivity contribution < 1.29 is 9.53 Å². The average Bonchev–Trinajstić information content (AvgIpc) is 2.95. The lowest BCUT2D eigenvalue weighted by atomic mass is 9.96. The number of carbonyl (C=O) groups is 1. The molecule has 0 aliphatic rings. The Labute approximate surface area is 167 Å². The lowest BCUT2D eigenvalue weighted by molar-refractivity contribution is 0.0516. The molecule has 0 radical (unpaired) electrons. The van der Waals surface area contributed by atoms with Crippen molar-refractivity contribution in [2.75, 3.05) is 0 Å². The maximum absolute atomic E-state index is 11.9. The normalized spacial score (nSPS) is 12.9. The first-order chi connectivity index (χ1) is 12.9. The van der Waals surface area contributed by atoms with E-state index in [4.69, 9.17) is 9.72 Å². The highest BCUT2D eigenvalue weighted by atomic mass is 16.6. The minimum atomic E-state index is -0.650. The van der Waals surface area contributed by atoms with Crippen LogP contribution in [-0.4, -0.2) is 27.3 Å². The van der Waals surface area contributed by atoms with E-state index in [1.165, 1.54) is 0 Å². The van der Waals surface area contributed by atoms with Gasteiger partial charge in [-0.05, 0) is 26.3 Å². The Hall–Kier alpha value is -2.81. The lowest BCUT2D eigenvalue weighted by Crippen LogP contribution is -2.39. The van der Waals surface area contributed by atoms with Crippen LogP contribution in [0.25, 0.3) is 11.3 Å². The number of amides is 1. The number of aryl methyl sites for hydroxylation is 1. The van der Waals surface area contributed by atoms with Crippen LogP contribution in [0.5, 0.6) is 0 Å². The fourth-order valence-electron chi connectivity index (χ4n) is 2.93. The Kier molecular flexibility index (Phi) is 6.18. The van der Waals surface area contributed by atoms with Crippen LogP contribution in [0.15, 0.2) is 30.5 Å². The second-order valence-corrected chi connectivity index (χ2v) is 9.04. The van der Waals surface area contributed by atoms with Crippen LogP contribution in [-0.2, 0) is 23.6 Å². The number of aromatic nitrogens is 2. The summed E-state index contributed by atoms with van der Waals surface area (Å²) in [5, 5.41) is 12.0. The predicted octanol–water partition coefficient (Wildman–Crippen LogP) is 4.34. The van der Waals surface area contributed by atoms with E-state index in [1.807, 2.05) is 37.5 Å². The molecule has 0 spiro atoms. The summed E-state index contributed by atoms with van der Waals surface area (Å²) < 4.78 is 7.27. The summed E-state index contributed by atoms with van der Waals surface area (Å²) in [6, 6.07) is 9.37. The van der Waals surface area contributed by atoms with Crippen molar-refractivity contribution in [3.63, 3.8) is 0 Å². The second-order valence-electron chi connectivity index (χ2n) is 9.04. The number of nitrogens with one attached hydrogen (secondary N) is 1. The third-order valence-electron chi connectivity index (χ3n) is 4.08. The Balaban J connectivity index is 2.08. The molecule has 1 aromatic carbocycles. The molecule has 2 rings (SSSR count). The number of alkyl carbamates (subject to hydrolysis) is 1. The van der Waals surface area contributed by atoms with Crippen LogP contribution in [0.1, 0.15) is 52.9 Å². The van der Waals surface area contributed by atoms with Crippen LogP contribution in [0.2, 0.25) is 0 Å². The van der Waals surface area contributed by atoms with Gasteiger partial charge < -0.3 is 14.6 Å². The van der Waals surface area contributed by atoms with Crippen LogP contribution < -0.4 is 5.32 Å². The molecule has 0 saturated carbocycles. The highest BCUT2D eigenvalue weighted by molar-refractivity contribution is 5.68. The number of benzene rings is 1. The van der Waals surface area contributed by atoms with Gasteiger partial charge in [-0.25, -0.2) is 9.78 Å². The standard InChI is InChI=1S/C22H30N4O2/c1-21(2,3)19-25-18(14-26(19)7)16-10-8-15(9-11-16)12-17(13-23)24-20(27)28-22(4,5)6/h8-11,14,17H,12H2,1-7H3,(H,24,27)/t17-/m0/s1. The van der Waals surface area contributed by atoms with Crippen molar-refractivity contribution in [1.82, 2.24) is 14.9 Å². The van der Waals surface area contributed by atoms with Gasteiger partial charge in [-0.2, -0.15) is 5.26 Å². The molecule has 150 valence electrons. The zero-order valence-electron chi connectivity index (χ0n) is 17.8. The largest absolute Gasteiger partial charge is 0.444 e. The summed E-state index contributed by atoms with van der Waals surface area (Å²) in [7, 11) is 2.01. The van der Waals surface area contributed by atoms with Gasteiger partial charge in [0.05, 0.1) is 11.8 Å². The molecule has 0 aliphatic carbocycles. The zero-order chi connectivity index (χ0) is 21.1. The Morgan fingerprint density at radius 3 is 2.29 bits per heavy atom. The summed E-state index contributed by atoms with van der Waals surface area (Å²) in [5.41, 5.74) is 2.27. The fourth-order valence-corrected chi connectivity index (χ4v) is 2.93. The molecule has 0 bridgehead atoms. The van der Waals surface area contributed by atoms with E-state index < -0.39 is 17.7 Å². The Bertz CT molecular complexity index is 862.